The standard InChI is InChI=1S/C49H32N6/c1-4-14-33(15-5-1)37-28-45(52-46(29-37)44-30-38(26-27-50-44)55-47-22-12-10-20-39(47)40-21-11-13-23-48(40)55)41-25-24-36(32-51-41)43-31-42(34-16-6-2-7-17-34)53-49(54-43)35-18-8-3-9-19-35/h1-32H. The predicted molar refractivity (Wildman–Crippen MR) is 222 cm³/mol. The van der Waals surface area contributed by atoms with Crippen LogP contribution in [0.2, 0.25) is 0 Å². The van der Waals surface area contributed by atoms with Gasteiger partial charge in [-0.15, -0.1) is 0 Å². The molecule has 0 fully saturated rings. The highest BCUT2D eigenvalue weighted by Crippen LogP contribution is 2.35. The molecule has 0 atom stereocenters. The van der Waals surface area contributed by atoms with Gasteiger partial charge in [-0.25, -0.2) is 15.0 Å². The summed E-state index contributed by atoms with van der Waals surface area (Å²) >= 11 is 0. The number of hydrogen-bond acceptors (Lipinski definition) is 5. The lowest BCUT2D eigenvalue weighted by atomic mass is 10.0. The average molecular weight is 705 g/mol. The summed E-state index contributed by atoms with van der Waals surface area (Å²) in [6, 6.07) is 62.2. The summed E-state index contributed by atoms with van der Waals surface area (Å²) in [7, 11) is 0. The number of pyridine rings is 3. The van der Waals surface area contributed by atoms with Crippen LogP contribution in [-0.2, 0) is 0 Å². The fraction of sp³-hybridized carbons (Fsp3) is 0. The van der Waals surface area contributed by atoms with Crippen LogP contribution in [-0.4, -0.2) is 29.5 Å². The Morgan fingerprint density at radius 1 is 0.327 bits per heavy atom. The molecule has 5 heterocycles. The van der Waals surface area contributed by atoms with Crippen LogP contribution in [0.3, 0.4) is 0 Å². The molecule has 0 aliphatic carbocycles. The van der Waals surface area contributed by atoms with E-state index in [0.717, 1.165) is 78.7 Å². The summed E-state index contributed by atoms with van der Waals surface area (Å²) < 4.78 is 2.30. The molecule has 0 amide bonds. The van der Waals surface area contributed by atoms with Crippen LogP contribution in [0.4, 0.5) is 0 Å². The van der Waals surface area contributed by atoms with Crippen molar-refractivity contribution in [3.63, 3.8) is 0 Å². The van der Waals surface area contributed by atoms with Gasteiger partial charge in [0.15, 0.2) is 5.82 Å². The molecule has 0 unspecified atom stereocenters. The van der Waals surface area contributed by atoms with Crippen molar-refractivity contribution in [1.82, 2.24) is 29.5 Å². The Morgan fingerprint density at radius 2 is 0.891 bits per heavy atom. The number of fused-ring (bicyclic) bond motifs is 3. The first-order valence-electron chi connectivity index (χ1n) is 18.2. The van der Waals surface area contributed by atoms with Crippen LogP contribution >= 0.6 is 0 Å². The van der Waals surface area contributed by atoms with Gasteiger partial charge >= 0.3 is 0 Å². The monoisotopic (exact) mass is 704 g/mol. The van der Waals surface area contributed by atoms with Crippen LogP contribution in [0.25, 0.3) is 95.3 Å². The van der Waals surface area contributed by atoms with Crippen molar-refractivity contribution in [2.75, 3.05) is 0 Å². The number of nitrogens with zero attached hydrogens (tertiary/aromatic N) is 6. The van der Waals surface area contributed by atoms with E-state index in [2.05, 4.69) is 120 Å². The fourth-order valence-corrected chi connectivity index (χ4v) is 7.25. The summed E-state index contributed by atoms with van der Waals surface area (Å²) in [5.74, 6) is 0.665. The van der Waals surface area contributed by atoms with E-state index in [1.807, 2.05) is 79.1 Å². The highest BCUT2D eigenvalue weighted by molar-refractivity contribution is 6.09. The van der Waals surface area contributed by atoms with Crippen molar-refractivity contribution in [1.29, 1.82) is 0 Å². The quantitative estimate of drug-likeness (QED) is 0.165. The number of rotatable bonds is 7. The summed E-state index contributed by atoms with van der Waals surface area (Å²) in [5.41, 5.74) is 13.0. The first kappa shape index (κ1) is 32.1. The third kappa shape index (κ3) is 6.11. The molecule has 0 saturated heterocycles. The Balaban J connectivity index is 1.07. The normalized spacial score (nSPS) is 11.3. The zero-order valence-corrected chi connectivity index (χ0v) is 29.7. The van der Waals surface area contributed by atoms with Gasteiger partial charge in [-0.1, -0.05) is 127 Å². The summed E-state index contributed by atoms with van der Waals surface area (Å²) in [4.78, 5) is 25.0. The maximum Gasteiger partial charge on any atom is 0.160 e. The van der Waals surface area contributed by atoms with Crippen LogP contribution in [0, 0.1) is 0 Å². The molecule has 0 aliphatic heterocycles. The Hall–Kier alpha value is -7.57. The van der Waals surface area contributed by atoms with Crippen molar-refractivity contribution in [2.24, 2.45) is 0 Å². The molecule has 55 heavy (non-hydrogen) atoms. The van der Waals surface area contributed by atoms with Crippen molar-refractivity contribution < 1.29 is 0 Å². The Morgan fingerprint density at radius 3 is 1.53 bits per heavy atom. The first-order valence-corrected chi connectivity index (χ1v) is 18.2. The molecule has 0 bridgehead atoms. The van der Waals surface area contributed by atoms with E-state index in [-0.39, 0.29) is 0 Å². The Kier molecular flexibility index (Phi) is 8.04. The Bertz CT molecular complexity index is 2850. The van der Waals surface area contributed by atoms with Gasteiger partial charge in [0.1, 0.15) is 0 Å². The highest BCUT2D eigenvalue weighted by Gasteiger charge is 2.16. The molecular formula is C49H32N6. The fourth-order valence-electron chi connectivity index (χ4n) is 7.25. The summed E-state index contributed by atoms with van der Waals surface area (Å²) in [5, 5.41) is 2.43. The molecule has 0 saturated carbocycles. The molecule has 0 radical (unpaired) electrons. The molecule has 10 rings (SSSR count). The van der Waals surface area contributed by atoms with Crippen LogP contribution in [0.15, 0.2) is 194 Å². The number of para-hydroxylation sites is 2. The molecule has 10 aromatic rings. The zero-order valence-electron chi connectivity index (χ0n) is 29.7. The Labute approximate surface area is 318 Å². The second-order valence-corrected chi connectivity index (χ2v) is 13.4. The lowest BCUT2D eigenvalue weighted by molar-refractivity contribution is 1.15. The van der Waals surface area contributed by atoms with Crippen molar-refractivity contribution in [3.05, 3.63) is 194 Å². The van der Waals surface area contributed by atoms with E-state index in [1.54, 1.807) is 0 Å². The third-order valence-corrected chi connectivity index (χ3v) is 9.93. The molecule has 5 aromatic heterocycles. The van der Waals surface area contributed by atoms with Gasteiger partial charge in [-0.2, -0.15) is 0 Å². The van der Waals surface area contributed by atoms with Gasteiger partial charge in [-0.3, -0.25) is 9.97 Å². The van der Waals surface area contributed by atoms with E-state index in [9.17, 15) is 0 Å². The molecule has 6 heteroatoms. The third-order valence-electron chi connectivity index (χ3n) is 9.93. The van der Waals surface area contributed by atoms with E-state index >= 15 is 0 Å². The molecule has 0 spiro atoms. The van der Waals surface area contributed by atoms with E-state index in [0.29, 0.717) is 5.82 Å². The van der Waals surface area contributed by atoms with Gasteiger partial charge < -0.3 is 4.57 Å². The lowest BCUT2D eigenvalue weighted by Crippen LogP contribution is -1.98. The smallest absolute Gasteiger partial charge is 0.160 e. The van der Waals surface area contributed by atoms with Gasteiger partial charge in [-0.05, 0) is 65.7 Å². The average Bonchev–Trinajstić information content (AvgIpc) is 3.61. The molecule has 258 valence electrons. The molecule has 0 N–H and O–H groups in total. The van der Waals surface area contributed by atoms with E-state index in [4.69, 9.17) is 24.9 Å². The van der Waals surface area contributed by atoms with Gasteiger partial charge in [0, 0.05) is 45.5 Å². The molecular weight excluding hydrogens is 673 g/mol. The highest BCUT2D eigenvalue weighted by atomic mass is 15.0. The molecule has 6 nitrogen and oxygen atoms in total. The van der Waals surface area contributed by atoms with Gasteiger partial charge in [0.25, 0.3) is 0 Å². The van der Waals surface area contributed by atoms with Gasteiger partial charge in [0.2, 0.25) is 0 Å². The second kappa shape index (κ2) is 13.8. The maximum absolute atomic E-state index is 5.20. The van der Waals surface area contributed by atoms with Gasteiger partial charge in [0.05, 0.1) is 45.2 Å². The minimum absolute atomic E-state index is 0.665. The minimum atomic E-state index is 0.665. The molecule has 5 aromatic carbocycles. The number of benzene rings is 5. The van der Waals surface area contributed by atoms with Crippen molar-refractivity contribution in [2.45, 2.75) is 0 Å². The second-order valence-electron chi connectivity index (χ2n) is 13.4. The summed E-state index contributed by atoms with van der Waals surface area (Å²) in [6.07, 6.45) is 3.74. The number of hydrogen-bond donors (Lipinski definition) is 0. The summed E-state index contributed by atoms with van der Waals surface area (Å²) in [6.45, 7) is 0. The van der Waals surface area contributed by atoms with E-state index < -0.39 is 0 Å². The topological polar surface area (TPSA) is 69.4 Å². The van der Waals surface area contributed by atoms with Crippen molar-refractivity contribution >= 4 is 21.8 Å². The van der Waals surface area contributed by atoms with Crippen LogP contribution in [0.5, 0.6) is 0 Å². The van der Waals surface area contributed by atoms with Crippen molar-refractivity contribution in [3.8, 4) is 73.5 Å². The first-order chi connectivity index (χ1) is 27.2. The maximum atomic E-state index is 5.20. The zero-order chi connectivity index (χ0) is 36.6. The number of aromatic nitrogens is 6. The van der Waals surface area contributed by atoms with Crippen LogP contribution < -0.4 is 0 Å². The SMILES string of the molecule is c1ccc(-c2cc(-c3ccc(-c4cc(-c5ccccc5)nc(-c5ccccc5)n4)cn3)nc(-c3cc(-n4c5ccccc5c5ccccc54)ccn3)c2)cc1. The van der Waals surface area contributed by atoms with Crippen LogP contribution in [0.1, 0.15) is 0 Å². The predicted octanol–water partition coefficient (Wildman–Crippen LogP) is 11.8. The largest absolute Gasteiger partial charge is 0.309 e. The molecule has 0 aliphatic rings. The lowest BCUT2D eigenvalue weighted by Gasteiger charge is -2.12. The van der Waals surface area contributed by atoms with E-state index in [1.165, 1.54) is 10.8 Å². The minimum Gasteiger partial charge on any atom is -0.309 e.